The van der Waals surface area contributed by atoms with Crippen molar-refractivity contribution in [1.82, 2.24) is 35.4 Å². The summed E-state index contributed by atoms with van der Waals surface area (Å²) in [5.74, 6) is -0.338. The first-order valence-corrected chi connectivity index (χ1v) is 15.5. The molecule has 0 bridgehead atoms. The topological polar surface area (TPSA) is 117 Å². The molecule has 1 saturated heterocycles. The molecular formula is C31H36FN7O2S. The van der Waals surface area contributed by atoms with E-state index >= 15 is 4.39 Å². The molecule has 2 atom stereocenters. The van der Waals surface area contributed by atoms with Gasteiger partial charge in [-0.1, -0.05) is 31.3 Å². The summed E-state index contributed by atoms with van der Waals surface area (Å²) in [6.45, 7) is 6.29. The Kier molecular flexibility index (Phi) is 8.24. The SMILES string of the molecule is CC(C)[C@]1(F)CCc2nc3sc(C(=O)NC(CCN4CCC(O)CC4)c4ccc(-c5ccnnc5)nc4)nc3cc2C1. The third kappa shape index (κ3) is 6.18. The highest BCUT2D eigenvalue weighted by atomic mass is 32.1. The Morgan fingerprint density at radius 2 is 2.02 bits per heavy atom. The number of aliphatic hydroxyl groups excluding tert-OH is 1. The summed E-state index contributed by atoms with van der Waals surface area (Å²) < 4.78 is 15.4. The van der Waals surface area contributed by atoms with Gasteiger partial charge < -0.3 is 15.3 Å². The van der Waals surface area contributed by atoms with Crippen molar-refractivity contribution in [3.05, 3.63) is 64.7 Å². The number of likely N-dealkylation sites (tertiary alicyclic amines) is 1. The van der Waals surface area contributed by atoms with Crippen molar-refractivity contribution in [2.45, 2.75) is 70.2 Å². The molecule has 11 heteroatoms. The van der Waals surface area contributed by atoms with Crippen LogP contribution in [0.15, 0.2) is 42.9 Å². The summed E-state index contributed by atoms with van der Waals surface area (Å²) in [6, 6.07) is 7.40. The molecule has 0 spiro atoms. The van der Waals surface area contributed by atoms with Gasteiger partial charge in [0.05, 0.1) is 30.2 Å². The minimum atomic E-state index is -1.24. The molecule has 0 aromatic carbocycles. The molecule has 2 aliphatic rings. The predicted octanol–water partition coefficient (Wildman–Crippen LogP) is 4.71. The quantitative estimate of drug-likeness (QED) is 0.304. The number of aromatic nitrogens is 5. The van der Waals surface area contributed by atoms with Crippen molar-refractivity contribution in [2.24, 2.45) is 5.92 Å². The van der Waals surface area contributed by atoms with Crippen molar-refractivity contribution in [2.75, 3.05) is 19.6 Å². The molecule has 2 N–H and O–H groups in total. The van der Waals surface area contributed by atoms with Crippen LogP contribution < -0.4 is 5.32 Å². The average Bonchev–Trinajstić information content (AvgIpc) is 3.42. The number of carbonyl (C=O) groups excluding carboxylic acids is 1. The fourth-order valence-corrected chi connectivity index (χ4v) is 6.70. The van der Waals surface area contributed by atoms with E-state index in [0.29, 0.717) is 41.0 Å². The van der Waals surface area contributed by atoms with Crippen LogP contribution in [0.25, 0.3) is 21.6 Å². The van der Waals surface area contributed by atoms with Crippen LogP contribution in [0.3, 0.4) is 0 Å². The summed E-state index contributed by atoms with van der Waals surface area (Å²) >= 11 is 1.27. The first kappa shape index (κ1) is 28.7. The standard InChI is InChI=1S/C31H36FN7O2S/c1-19(2)31(32)10-5-25-22(16-31)15-27-29(37-25)42-30(38-27)28(41)36-26(9-14-39-12-7-23(40)8-13-39)20-3-4-24(33-17-20)21-6-11-34-35-18-21/h3-4,6,11,15,17-19,23,26,40H,5,7-10,12-14,16H2,1-2H3,(H,36,41)/t26?,31-/m0/s1. The monoisotopic (exact) mass is 589 g/mol. The lowest BCUT2D eigenvalue weighted by atomic mass is 9.77. The molecule has 1 fully saturated rings. The Balaban J connectivity index is 1.22. The van der Waals surface area contributed by atoms with E-state index in [0.717, 1.165) is 60.6 Å². The number of amides is 1. The molecular weight excluding hydrogens is 553 g/mol. The number of aliphatic hydroxyl groups is 1. The first-order valence-electron chi connectivity index (χ1n) is 14.7. The molecule has 1 unspecified atom stereocenters. The van der Waals surface area contributed by atoms with Crippen molar-refractivity contribution in [1.29, 1.82) is 0 Å². The third-order valence-electron chi connectivity index (χ3n) is 8.71. The third-order valence-corrected chi connectivity index (χ3v) is 9.67. The van der Waals surface area contributed by atoms with Gasteiger partial charge in [0, 0.05) is 43.5 Å². The van der Waals surface area contributed by atoms with Crippen LogP contribution >= 0.6 is 11.3 Å². The second-order valence-electron chi connectivity index (χ2n) is 11.8. The van der Waals surface area contributed by atoms with Gasteiger partial charge in [-0.3, -0.25) is 9.78 Å². The van der Waals surface area contributed by atoms with Crippen LogP contribution in [0.1, 0.15) is 72.2 Å². The van der Waals surface area contributed by atoms with Gasteiger partial charge in [-0.25, -0.2) is 14.4 Å². The van der Waals surface area contributed by atoms with E-state index in [-0.39, 0.29) is 24.0 Å². The van der Waals surface area contributed by atoms with Crippen LogP contribution in [0, 0.1) is 5.92 Å². The Labute approximate surface area is 248 Å². The summed E-state index contributed by atoms with van der Waals surface area (Å²) in [4.78, 5) is 30.6. The number of fused-ring (bicyclic) bond motifs is 2. The maximum absolute atomic E-state index is 15.4. The van der Waals surface area contributed by atoms with E-state index in [1.807, 2.05) is 38.1 Å². The molecule has 5 heterocycles. The van der Waals surface area contributed by atoms with Crippen molar-refractivity contribution >= 4 is 27.6 Å². The lowest BCUT2D eigenvalue weighted by molar-refractivity contribution is 0.0795. The van der Waals surface area contributed by atoms with Crippen molar-refractivity contribution < 1.29 is 14.3 Å². The number of carbonyl (C=O) groups is 1. The molecule has 4 aromatic heterocycles. The van der Waals surface area contributed by atoms with Gasteiger partial charge in [-0.05, 0) is 67.3 Å². The van der Waals surface area contributed by atoms with Gasteiger partial charge in [-0.2, -0.15) is 10.2 Å². The van der Waals surface area contributed by atoms with E-state index in [9.17, 15) is 9.90 Å². The number of nitrogens with zero attached hydrogens (tertiary/aromatic N) is 6. The highest BCUT2D eigenvalue weighted by Gasteiger charge is 2.38. The lowest BCUT2D eigenvalue weighted by Gasteiger charge is -2.33. The predicted molar refractivity (Wildman–Crippen MR) is 160 cm³/mol. The highest BCUT2D eigenvalue weighted by molar-refractivity contribution is 7.19. The van der Waals surface area contributed by atoms with E-state index in [2.05, 4.69) is 30.4 Å². The molecule has 42 heavy (non-hydrogen) atoms. The Hall–Kier alpha value is -3.41. The number of alkyl halides is 1. The summed E-state index contributed by atoms with van der Waals surface area (Å²) in [5.41, 5.74) is 3.74. The second-order valence-corrected chi connectivity index (χ2v) is 12.8. The van der Waals surface area contributed by atoms with Crippen molar-refractivity contribution in [3.8, 4) is 11.3 Å². The van der Waals surface area contributed by atoms with Gasteiger partial charge in [0.2, 0.25) is 0 Å². The van der Waals surface area contributed by atoms with Crippen LogP contribution in [0.5, 0.6) is 0 Å². The molecule has 1 aliphatic heterocycles. The first-order chi connectivity index (χ1) is 20.3. The fraction of sp³-hybridized carbons (Fsp3) is 0.484. The molecule has 9 nitrogen and oxygen atoms in total. The van der Waals surface area contributed by atoms with E-state index in [1.165, 1.54) is 11.3 Å². The Morgan fingerprint density at radius 3 is 2.74 bits per heavy atom. The number of rotatable bonds is 8. The normalized spacial score (nSPS) is 20.5. The Morgan fingerprint density at radius 1 is 1.19 bits per heavy atom. The molecule has 6 rings (SSSR count). The zero-order valence-electron chi connectivity index (χ0n) is 24.0. The largest absolute Gasteiger partial charge is 0.393 e. The van der Waals surface area contributed by atoms with Crippen LogP contribution in [-0.4, -0.2) is 72.5 Å². The molecule has 1 aliphatic carbocycles. The van der Waals surface area contributed by atoms with Crippen LogP contribution in [0.2, 0.25) is 0 Å². The van der Waals surface area contributed by atoms with Crippen LogP contribution in [-0.2, 0) is 12.8 Å². The molecule has 4 aromatic rings. The number of nitrogens with one attached hydrogen (secondary N) is 1. The molecule has 0 radical (unpaired) electrons. The zero-order chi connectivity index (χ0) is 29.3. The summed E-state index contributed by atoms with van der Waals surface area (Å²) in [7, 11) is 0. The van der Waals surface area contributed by atoms with E-state index in [4.69, 9.17) is 4.98 Å². The van der Waals surface area contributed by atoms with Crippen LogP contribution in [0.4, 0.5) is 4.39 Å². The zero-order valence-corrected chi connectivity index (χ0v) is 24.8. The number of hydrogen-bond acceptors (Lipinski definition) is 9. The van der Waals surface area contributed by atoms with E-state index in [1.54, 1.807) is 18.6 Å². The minimum Gasteiger partial charge on any atom is -0.393 e. The van der Waals surface area contributed by atoms with Gasteiger partial charge in [-0.15, -0.1) is 0 Å². The lowest BCUT2D eigenvalue weighted by Crippen LogP contribution is -2.38. The maximum Gasteiger partial charge on any atom is 0.280 e. The summed E-state index contributed by atoms with van der Waals surface area (Å²) in [5, 5.41) is 21.2. The van der Waals surface area contributed by atoms with Gasteiger partial charge in [0.25, 0.3) is 5.91 Å². The number of halogens is 1. The molecule has 1 amide bonds. The number of hydrogen-bond donors (Lipinski definition) is 2. The van der Waals surface area contributed by atoms with Gasteiger partial charge in [0.1, 0.15) is 16.0 Å². The number of piperidine rings is 1. The maximum atomic E-state index is 15.4. The smallest absolute Gasteiger partial charge is 0.280 e. The van der Waals surface area contributed by atoms with Crippen molar-refractivity contribution in [3.63, 3.8) is 0 Å². The number of aryl methyl sites for hydroxylation is 1. The number of thiazole rings is 1. The molecule has 220 valence electrons. The highest BCUT2D eigenvalue weighted by Crippen LogP contribution is 2.38. The Bertz CT molecular complexity index is 1540. The van der Waals surface area contributed by atoms with Gasteiger partial charge in [0.15, 0.2) is 5.01 Å². The van der Waals surface area contributed by atoms with Gasteiger partial charge >= 0.3 is 0 Å². The summed E-state index contributed by atoms with van der Waals surface area (Å²) in [6.07, 6.45) is 8.45. The second kappa shape index (κ2) is 12.1. The molecule has 0 saturated carbocycles. The average molecular weight is 590 g/mol. The van der Waals surface area contributed by atoms with E-state index < -0.39 is 5.67 Å². The minimum absolute atomic E-state index is 0.0741. The number of pyridine rings is 2. The fourth-order valence-electron chi connectivity index (χ4n) is 5.85.